The van der Waals surface area contributed by atoms with E-state index in [0.717, 1.165) is 8.52 Å². The number of thiazole rings is 1. The van der Waals surface area contributed by atoms with Crippen molar-refractivity contribution in [2.45, 2.75) is 46.7 Å². The van der Waals surface area contributed by atoms with Gasteiger partial charge in [-0.15, -0.1) is 11.3 Å². The van der Waals surface area contributed by atoms with Crippen LogP contribution in [0.25, 0.3) is 0 Å². The maximum Gasteiger partial charge on any atom is 0.160 e. The molecule has 0 atom stereocenters. The first-order valence-electron chi connectivity index (χ1n) is 4.87. The molecule has 5 heteroatoms. The van der Waals surface area contributed by atoms with E-state index in [1.807, 2.05) is 6.92 Å². The lowest BCUT2D eigenvalue weighted by atomic mass is 10.3. The third kappa shape index (κ3) is 8.37. The summed E-state index contributed by atoms with van der Waals surface area (Å²) in [5.74, 6) is 0. The van der Waals surface area contributed by atoms with E-state index in [1.165, 1.54) is 4.88 Å². The molecule has 0 saturated heterocycles. The minimum absolute atomic E-state index is 0.625. The Morgan fingerprint density at radius 3 is 1.67 bits per heavy atom. The van der Waals surface area contributed by atoms with Gasteiger partial charge in [0.25, 0.3) is 0 Å². The second kappa shape index (κ2) is 7.76. The maximum atomic E-state index is 4.06. The fourth-order valence-corrected chi connectivity index (χ4v) is 3.21. The summed E-state index contributed by atoms with van der Waals surface area (Å²) in [6.07, 6.45) is 0. The highest BCUT2D eigenvalue weighted by Gasteiger charge is 1.99. The summed E-state index contributed by atoms with van der Waals surface area (Å²) >= 11 is 8.17. The van der Waals surface area contributed by atoms with Crippen LogP contribution in [0.3, 0.4) is 0 Å². The van der Waals surface area contributed by atoms with Crippen molar-refractivity contribution in [3.8, 4) is 0 Å². The van der Waals surface area contributed by atoms with Crippen LogP contribution in [0.15, 0.2) is 8.52 Å². The van der Waals surface area contributed by atoms with Gasteiger partial charge < -0.3 is 5.32 Å². The lowest BCUT2D eigenvalue weighted by molar-refractivity contribution is 0.518. The van der Waals surface area contributed by atoms with Crippen molar-refractivity contribution in [3.05, 3.63) is 13.4 Å². The van der Waals surface area contributed by atoms with Crippen LogP contribution >= 0.6 is 43.2 Å². The minimum Gasteiger partial charge on any atom is -0.312 e. The molecule has 2 nitrogen and oxygen atoms in total. The maximum absolute atomic E-state index is 4.06. The van der Waals surface area contributed by atoms with Crippen molar-refractivity contribution in [2.24, 2.45) is 0 Å². The summed E-state index contributed by atoms with van der Waals surface area (Å²) in [6.45, 7) is 10.6. The smallest absolute Gasteiger partial charge is 0.160 e. The SMILES string of the molecule is CC(C)NC(C)C.Cc1sc(Br)nc1Br. The second-order valence-corrected chi connectivity index (χ2v) is 7.02. The predicted molar refractivity (Wildman–Crippen MR) is 75.7 cm³/mol. The molecule has 88 valence electrons. The van der Waals surface area contributed by atoms with Gasteiger partial charge in [0.05, 0.1) is 0 Å². The van der Waals surface area contributed by atoms with Crippen LogP contribution in [-0.4, -0.2) is 17.1 Å². The van der Waals surface area contributed by atoms with Gasteiger partial charge in [-0.25, -0.2) is 4.98 Å². The van der Waals surface area contributed by atoms with Crippen LogP contribution in [0.5, 0.6) is 0 Å². The summed E-state index contributed by atoms with van der Waals surface area (Å²) in [5.41, 5.74) is 0. The Labute approximate surface area is 113 Å². The third-order valence-electron chi connectivity index (χ3n) is 1.38. The van der Waals surface area contributed by atoms with E-state index >= 15 is 0 Å². The fraction of sp³-hybridized carbons (Fsp3) is 0.700. The first kappa shape index (κ1) is 15.6. The van der Waals surface area contributed by atoms with Crippen molar-refractivity contribution in [1.29, 1.82) is 0 Å². The van der Waals surface area contributed by atoms with E-state index in [4.69, 9.17) is 0 Å². The Morgan fingerprint density at radius 1 is 1.13 bits per heavy atom. The van der Waals surface area contributed by atoms with E-state index in [-0.39, 0.29) is 0 Å². The normalized spacial score (nSPS) is 10.5. The number of aromatic nitrogens is 1. The molecule has 0 aliphatic heterocycles. The summed E-state index contributed by atoms with van der Waals surface area (Å²) < 4.78 is 1.87. The van der Waals surface area contributed by atoms with E-state index in [9.17, 15) is 0 Å². The summed E-state index contributed by atoms with van der Waals surface area (Å²) in [4.78, 5) is 5.27. The van der Waals surface area contributed by atoms with Gasteiger partial charge in [-0.05, 0) is 38.8 Å². The van der Waals surface area contributed by atoms with Crippen LogP contribution in [0.4, 0.5) is 0 Å². The zero-order valence-electron chi connectivity index (χ0n) is 9.77. The molecular formula is C10H18Br2N2S. The molecule has 0 spiro atoms. The van der Waals surface area contributed by atoms with Crippen molar-refractivity contribution < 1.29 is 0 Å². The molecule has 0 aliphatic carbocycles. The highest BCUT2D eigenvalue weighted by atomic mass is 79.9. The van der Waals surface area contributed by atoms with Gasteiger partial charge in [-0.2, -0.15) is 0 Å². The van der Waals surface area contributed by atoms with Gasteiger partial charge in [0, 0.05) is 17.0 Å². The molecule has 0 unspecified atom stereocenters. The molecule has 0 bridgehead atoms. The van der Waals surface area contributed by atoms with E-state index in [2.05, 4.69) is 69.9 Å². The average Bonchev–Trinajstić information content (AvgIpc) is 2.27. The number of hydrogen-bond acceptors (Lipinski definition) is 3. The molecule has 0 fully saturated rings. The van der Waals surface area contributed by atoms with Crippen LogP contribution < -0.4 is 5.32 Å². The quantitative estimate of drug-likeness (QED) is 0.849. The van der Waals surface area contributed by atoms with Crippen molar-refractivity contribution in [2.75, 3.05) is 0 Å². The molecule has 1 aromatic heterocycles. The van der Waals surface area contributed by atoms with E-state index in [0.29, 0.717) is 12.1 Å². The number of rotatable bonds is 2. The van der Waals surface area contributed by atoms with E-state index < -0.39 is 0 Å². The molecule has 0 radical (unpaired) electrons. The Kier molecular flexibility index (Phi) is 8.05. The number of hydrogen-bond donors (Lipinski definition) is 1. The molecule has 0 aromatic carbocycles. The molecule has 1 rings (SSSR count). The summed E-state index contributed by atoms with van der Waals surface area (Å²) in [7, 11) is 0. The average molecular weight is 358 g/mol. The van der Waals surface area contributed by atoms with Gasteiger partial charge in [0.2, 0.25) is 0 Å². The molecule has 0 saturated carbocycles. The highest BCUT2D eigenvalue weighted by molar-refractivity contribution is 9.11. The first-order valence-corrected chi connectivity index (χ1v) is 7.27. The van der Waals surface area contributed by atoms with Gasteiger partial charge >= 0.3 is 0 Å². The van der Waals surface area contributed by atoms with Crippen LogP contribution in [0.1, 0.15) is 32.6 Å². The minimum atomic E-state index is 0.625. The number of nitrogens with zero attached hydrogens (tertiary/aromatic N) is 1. The van der Waals surface area contributed by atoms with Crippen LogP contribution in [0.2, 0.25) is 0 Å². The van der Waals surface area contributed by atoms with E-state index in [1.54, 1.807) is 11.3 Å². The van der Waals surface area contributed by atoms with Crippen molar-refractivity contribution >= 4 is 43.2 Å². The summed E-state index contributed by atoms with van der Waals surface area (Å²) in [5, 5.41) is 3.31. The van der Waals surface area contributed by atoms with Crippen molar-refractivity contribution in [3.63, 3.8) is 0 Å². The number of halogens is 2. The monoisotopic (exact) mass is 356 g/mol. The first-order chi connectivity index (χ1) is 6.82. The predicted octanol–water partition coefficient (Wildman–Crippen LogP) is 4.37. The second-order valence-electron chi connectivity index (χ2n) is 3.79. The van der Waals surface area contributed by atoms with Crippen LogP contribution in [-0.2, 0) is 0 Å². The lowest BCUT2D eigenvalue weighted by Gasteiger charge is -2.10. The zero-order chi connectivity index (χ0) is 12.0. The molecule has 1 heterocycles. The number of nitrogens with one attached hydrogen (secondary N) is 1. The standard InChI is InChI=1S/C6H15N.C4H3Br2NS/c1-5(2)7-6(3)4;1-2-3(5)7-4(6)8-2/h5-7H,1-4H3;1H3. The summed E-state index contributed by atoms with van der Waals surface area (Å²) in [6, 6.07) is 1.25. The lowest BCUT2D eigenvalue weighted by Crippen LogP contribution is -2.29. The Bertz CT molecular complexity index is 259. The topological polar surface area (TPSA) is 24.9 Å². The Balaban J connectivity index is 0.000000265. The molecule has 1 aromatic rings. The molecule has 0 amide bonds. The largest absolute Gasteiger partial charge is 0.312 e. The Morgan fingerprint density at radius 2 is 1.60 bits per heavy atom. The number of aryl methyl sites for hydroxylation is 1. The van der Waals surface area contributed by atoms with Gasteiger partial charge in [-0.3, -0.25) is 0 Å². The molecule has 15 heavy (non-hydrogen) atoms. The third-order valence-corrected chi connectivity index (χ3v) is 3.84. The van der Waals surface area contributed by atoms with Crippen molar-refractivity contribution in [1.82, 2.24) is 10.3 Å². The molecular weight excluding hydrogens is 340 g/mol. The van der Waals surface area contributed by atoms with Crippen LogP contribution in [0, 0.1) is 6.92 Å². The molecule has 1 N–H and O–H groups in total. The zero-order valence-corrected chi connectivity index (χ0v) is 13.8. The highest BCUT2D eigenvalue weighted by Crippen LogP contribution is 2.25. The van der Waals surface area contributed by atoms with Gasteiger partial charge in [0.15, 0.2) is 3.92 Å². The fourth-order valence-electron chi connectivity index (χ4n) is 1.01. The van der Waals surface area contributed by atoms with Gasteiger partial charge in [0.1, 0.15) is 4.60 Å². The Hall–Kier alpha value is 0.550. The molecule has 0 aliphatic rings. The van der Waals surface area contributed by atoms with Gasteiger partial charge in [-0.1, -0.05) is 27.7 Å².